The van der Waals surface area contributed by atoms with Crippen LogP contribution in [0.2, 0.25) is 0 Å². The SMILES string of the molecule is COc1cc(N(C)C(C)N(C)C)cc(C(=O)Cl)c1[N+](=O)[O-]. The van der Waals surface area contributed by atoms with Crippen molar-refractivity contribution in [1.82, 2.24) is 4.90 Å². The first-order valence-corrected chi connectivity index (χ1v) is 6.54. The van der Waals surface area contributed by atoms with Crippen LogP contribution in [0.3, 0.4) is 0 Å². The summed E-state index contributed by atoms with van der Waals surface area (Å²) >= 11 is 5.47. The summed E-state index contributed by atoms with van der Waals surface area (Å²) in [5.41, 5.74) is -0.0105. The number of rotatable bonds is 6. The molecule has 1 aromatic carbocycles. The predicted molar refractivity (Wildman–Crippen MR) is 81.4 cm³/mol. The van der Waals surface area contributed by atoms with Crippen LogP contribution in [-0.4, -0.2) is 49.5 Å². The third-order valence-corrected chi connectivity index (χ3v) is 3.59. The van der Waals surface area contributed by atoms with Gasteiger partial charge < -0.3 is 9.64 Å². The van der Waals surface area contributed by atoms with Crippen molar-refractivity contribution in [3.63, 3.8) is 0 Å². The van der Waals surface area contributed by atoms with Gasteiger partial charge in [-0.25, -0.2) is 0 Å². The Morgan fingerprint density at radius 2 is 1.95 bits per heavy atom. The molecule has 0 N–H and O–H groups in total. The Kier molecular flexibility index (Phi) is 5.51. The first-order valence-electron chi connectivity index (χ1n) is 6.16. The van der Waals surface area contributed by atoms with Gasteiger partial charge in [-0.15, -0.1) is 0 Å². The van der Waals surface area contributed by atoms with Crippen molar-refractivity contribution < 1.29 is 14.5 Å². The number of hydrogen-bond donors (Lipinski definition) is 0. The molecule has 0 radical (unpaired) electrons. The van der Waals surface area contributed by atoms with E-state index in [-0.39, 0.29) is 17.5 Å². The third kappa shape index (κ3) is 3.62. The van der Waals surface area contributed by atoms with E-state index in [1.165, 1.54) is 19.2 Å². The Bertz CT molecular complexity index is 563. The van der Waals surface area contributed by atoms with E-state index in [9.17, 15) is 14.9 Å². The zero-order chi connectivity index (χ0) is 16.3. The van der Waals surface area contributed by atoms with Gasteiger partial charge in [-0.05, 0) is 38.7 Å². The van der Waals surface area contributed by atoms with Crippen LogP contribution in [0.1, 0.15) is 17.3 Å². The number of halogens is 1. The molecule has 0 saturated heterocycles. The lowest BCUT2D eigenvalue weighted by atomic mass is 10.1. The Hall–Kier alpha value is -1.86. The average molecular weight is 316 g/mol. The lowest BCUT2D eigenvalue weighted by molar-refractivity contribution is -0.386. The number of carbonyl (C=O) groups is 1. The van der Waals surface area contributed by atoms with Gasteiger partial charge >= 0.3 is 5.69 Å². The van der Waals surface area contributed by atoms with Crippen LogP contribution in [0.25, 0.3) is 0 Å². The van der Waals surface area contributed by atoms with Crippen LogP contribution in [0.4, 0.5) is 11.4 Å². The van der Waals surface area contributed by atoms with E-state index in [1.54, 1.807) is 0 Å². The minimum absolute atomic E-state index is 0.000642. The molecule has 0 saturated carbocycles. The van der Waals surface area contributed by atoms with E-state index < -0.39 is 15.9 Å². The number of ether oxygens (including phenoxy) is 1. The van der Waals surface area contributed by atoms with Gasteiger partial charge in [0, 0.05) is 18.8 Å². The van der Waals surface area contributed by atoms with E-state index in [0.717, 1.165) is 0 Å². The van der Waals surface area contributed by atoms with Crippen LogP contribution < -0.4 is 9.64 Å². The summed E-state index contributed by atoms with van der Waals surface area (Å²) in [6.07, 6.45) is 0.00874. The Morgan fingerprint density at radius 3 is 2.33 bits per heavy atom. The summed E-state index contributed by atoms with van der Waals surface area (Å²) in [5.74, 6) is -0.000642. The zero-order valence-corrected chi connectivity index (χ0v) is 13.3. The molecule has 0 aromatic heterocycles. The summed E-state index contributed by atoms with van der Waals surface area (Å²) in [6, 6.07) is 2.91. The normalized spacial score (nSPS) is 12.1. The molecule has 116 valence electrons. The highest BCUT2D eigenvalue weighted by atomic mass is 35.5. The summed E-state index contributed by atoms with van der Waals surface area (Å²) in [6.45, 7) is 1.95. The summed E-state index contributed by atoms with van der Waals surface area (Å²) < 4.78 is 5.04. The molecule has 1 rings (SSSR count). The van der Waals surface area contributed by atoms with Gasteiger partial charge in [0.2, 0.25) is 0 Å². The number of nitro benzene ring substituents is 1. The molecule has 0 bridgehead atoms. The number of methoxy groups -OCH3 is 1. The number of benzene rings is 1. The number of nitrogens with zero attached hydrogens (tertiary/aromatic N) is 3. The maximum Gasteiger partial charge on any atom is 0.323 e. The van der Waals surface area contributed by atoms with Gasteiger partial charge in [0.15, 0.2) is 5.75 Å². The molecule has 8 heteroatoms. The number of nitro groups is 1. The van der Waals surface area contributed by atoms with Crippen molar-refractivity contribution in [2.45, 2.75) is 13.1 Å². The van der Waals surface area contributed by atoms with Crippen molar-refractivity contribution in [2.75, 3.05) is 33.2 Å². The van der Waals surface area contributed by atoms with Gasteiger partial charge in [-0.3, -0.25) is 19.8 Å². The molecule has 0 spiro atoms. The van der Waals surface area contributed by atoms with Crippen LogP contribution in [0.15, 0.2) is 12.1 Å². The van der Waals surface area contributed by atoms with Crippen LogP contribution >= 0.6 is 11.6 Å². The molecule has 0 aliphatic rings. The fraction of sp³-hybridized carbons (Fsp3) is 0.462. The first-order chi connectivity index (χ1) is 9.70. The minimum atomic E-state index is -0.896. The third-order valence-electron chi connectivity index (χ3n) is 3.39. The van der Waals surface area contributed by atoms with Crippen molar-refractivity contribution >= 4 is 28.2 Å². The van der Waals surface area contributed by atoms with Gasteiger partial charge in [-0.2, -0.15) is 0 Å². The molecule has 0 aliphatic carbocycles. The lowest BCUT2D eigenvalue weighted by Gasteiger charge is -2.32. The fourth-order valence-electron chi connectivity index (χ4n) is 1.85. The standard InChI is InChI=1S/C13H18ClN3O4/c1-8(15(2)3)16(4)9-6-10(13(14)18)12(17(19)20)11(7-9)21-5/h6-8H,1-5H3. The van der Waals surface area contributed by atoms with Crippen LogP contribution in [0, 0.1) is 10.1 Å². The summed E-state index contributed by atoms with van der Waals surface area (Å²) in [4.78, 5) is 25.8. The van der Waals surface area contributed by atoms with Crippen molar-refractivity contribution in [1.29, 1.82) is 0 Å². The number of carbonyl (C=O) groups excluding carboxylic acids is 1. The van der Waals surface area contributed by atoms with Gasteiger partial charge in [0.25, 0.3) is 5.24 Å². The smallest absolute Gasteiger partial charge is 0.323 e. The first kappa shape index (κ1) is 17.2. The lowest BCUT2D eigenvalue weighted by Crippen LogP contribution is -2.40. The average Bonchev–Trinajstić information content (AvgIpc) is 2.43. The predicted octanol–water partition coefficient (Wildman–Crippen LogP) is 2.33. The number of anilines is 1. The van der Waals surface area contributed by atoms with E-state index in [0.29, 0.717) is 5.69 Å². The second-order valence-corrected chi connectivity index (χ2v) is 5.12. The maximum atomic E-state index is 11.5. The second-order valence-electron chi connectivity index (χ2n) is 4.78. The molecule has 1 unspecified atom stereocenters. The van der Waals surface area contributed by atoms with Gasteiger partial charge in [0.1, 0.15) is 5.56 Å². The molecule has 21 heavy (non-hydrogen) atoms. The summed E-state index contributed by atoms with van der Waals surface area (Å²) in [7, 11) is 6.92. The largest absolute Gasteiger partial charge is 0.490 e. The molecular formula is C13H18ClN3O4. The highest BCUT2D eigenvalue weighted by Gasteiger charge is 2.27. The monoisotopic (exact) mass is 315 g/mol. The molecule has 1 aromatic rings. The quantitative estimate of drug-likeness (QED) is 0.347. The highest BCUT2D eigenvalue weighted by molar-refractivity contribution is 6.68. The van der Waals surface area contributed by atoms with Crippen molar-refractivity contribution in [3.8, 4) is 5.75 Å². The maximum absolute atomic E-state index is 11.5. The van der Waals surface area contributed by atoms with E-state index in [2.05, 4.69) is 0 Å². The van der Waals surface area contributed by atoms with Crippen LogP contribution in [-0.2, 0) is 0 Å². The molecule has 0 heterocycles. The van der Waals surface area contributed by atoms with Crippen LogP contribution in [0.5, 0.6) is 5.75 Å². The molecule has 0 amide bonds. The Labute approximate surface area is 128 Å². The van der Waals surface area contributed by atoms with Gasteiger partial charge in [0.05, 0.1) is 18.2 Å². The van der Waals surface area contributed by atoms with E-state index in [4.69, 9.17) is 16.3 Å². The molecule has 7 nitrogen and oxygen atoms in total. The minimum Gasteiger partial charge on any atom is -0.490 e. The van der Waals surface area contributed by atoms with E-state index >= 15 is 0 Å². The van der Waals surface area contributed by atoms with E-state index in [1.807, 2.05) is 37.9 Å². The molecule has 0 aliphatic heterocycles. The molecule has 1 atom stereocenters. The highest BCUT2D eigenvalue weighted by Crippen LogP contribution is 2.36. The topological polar surface area (TPSA) is 75.9 Å². The Morgan fingerprint density at radius 1 is 1.38 bits per heavy atom. The molecule has 0 fully saturated rings. The summed E-state index contributed by atoms with van der Waals surface area (Å²) in [5, 5.41) is 10.2. The van der Waals surface area contributed by atoms with Gasteiger partial charge in [-0.1, -0.05) is 0 Å². The fourth-order valence-corrected chi connectivity index (χ4v) is 2.00. The van der Waals surface area contributed by atoms with Crippen molar-refractivity contribution in [2.24, 2.45) is 0 Å². The van der Waals surface area contributed by atoms with Crippen molar-refractivity contribution in [3.05, 3.63) is 27.8 Å². The molecular weight excluding hydrogens is 298 g/mol. The Balaban J connectivity index is 3.47. The number of hydrogen-bond acceptors (Lipinski definition) is 6. The second kappa shape index (κ2) is 6.73. The zero-order valence-electron chi connectivity index (χ0n) is 12.6.